The fourth-order valence-corrected chi connectivity index (χ4v) is 3.60. The van der Waals surface area contributed by atoms with E-state index < -0.39 is 10.0 Å². The van der Waals surface area contributed by atoms with Crippen LogP contribution in [0.1, 0.15) is 5.56 Å². The van der Waals surface area contributed by atoms with Gasteiger partial charge >= 0.3 is 0 Å². The molecular weight excluding hydrogens is 392 g/mol. The maximum Gasteiger partial charge on any atom is 0.262 e. The molecule has 0 radical (unpaired) electrons. The number of benzene rings is 2. The number of ether oxygens (including phenoxy) is 1. The van der Waals surface area contributed by atoms with Gasteiger partial charge in [0.15, 0.2) is 0 Å². The lowest BCUT2D eigenvalue weighted by Gasteiger charge is -2.12. The van der Waals surface area contributed by atoms with E-state index in [1.165, 1.54) is 37.5 Å². The number of aryl methyl sites for hydroxylation is 1. The Kier molecular flexibility index (Phi) is 5.99. The molecule has 150 valence electrons. The number of amides is 1. The fraction of sp³-hybridized carbons (Fsp3) is 0.100. The quantitative estimate of drug-likeness (QED) is 0.581. The van der Waals surface area contributed by atoms with Gasteiger partial charge in [0, 0.05) is 30.6 Å². The summed E-state index contributed by atoms with van der Waals surface area (Å²) in [5.41, 5.74) is 1.61. The maximum atomic E-state index is 12.6. The summed E-state index contributed by atoms with van der Waals surface area (Å²) in [6, 6.07) is 12.6. The number of anilines is 2. The van der Waals surface area contributed by atoms with Crippen molar-refractivity contribution in [3.63, 3.8) is 0 Å². The van der Waals surface area contributed by atoms with E-state index in [0.29, 0.717) is 17.1 Å². The molecule has 0 saturated heterocycles. The minimum atomic E-state index is -3.80. The predicted molar refractivity (Wildman–Crippen MR) is 111 cm³/mol. The molecule has 0 saturated carbocycles. The number of carbonyl (C=O) groups excluding carboxylic acids is 1. The molecule has 0 atom stereocenters. The second kappa shape index (κ2) is 8.61. The van der Waals surface area contributed by atoms with Crippen molar-refractivity contribution in [3.05, 3.63) is 72.6 Å². The van der Waals surface area contributed by atoms with Crippen LogP contribution in [0, 0.1) is 0 Å². The van der Waals surface area contributed by atoms with Gasteiger partial charge in [0.25, 0.3) is 10.0 Å². The normalized spacial score (nSPS) is 11.4. The minimum Gasteiger partial charge on any atom is -0.495 e. The molecule has 0 aliphatic carbocycles. The van der Waals surface area contributed by atoms with E-state index in [-0.39, 0.29) is 10.8 Å². The summed E-state index contributed by atoms with van der Waals surface area (Å²) in [6.45, 7) is 0. The van der Waals surface area contributed by atoms with Gasteiger partial charge in [-0.05, 0) is 42.5 Å². The average molecular weight is 412 g/mol. The summed E-state index contributed by atoms with van der Waals surface area (Å²) in [4.78, 5) is 12.1. The number of rotatable bonds is 7. The molecule has 3 aromatic rings. The SMILES string of the molecule is COc1ccccc1NS(=O)(=O)c1ccc(NC(=O)/C=C\c2cnn(C)c2)cc1. The van der Waals surface area contributed by atoms with Crippen molar-refractivity contribution < 1.29 is 17.9 Å². The average Bonchev–Trinajstić information content (AvgIpc) is 3.12. The molecule has 1 amide bonds. The Hall–Kier alpha value is -3.59. The Morgan fingerprint density at radius 1 is 1.14 bits per heavy atom. The van der Waals surface area contributed by atoms with Crippen LogP contribution in [0.2, 0.25) is 0 Å². The summed E-state index contributed by atoms with van der Waals surface area (Å²) in [6.07, 6.45) is 6.43. The van der Waals surface area contributed by atoms with Gasteiger partial charge in [-0.25, -0.2) is 8.42 Å². The molecule has 3 rings (SSSR count). The van der Waals surface area contributed by atoms with Gasteiger partial charge in [-0.1, -0.05) is 12.1 Å². The molecule has 0 unspecified atom stereocenters. The van der Waals surface area contributed by atoms with Crippen LogP contribution < -0.4 is 14.8 Å². The Morgan fingerprint density at radius 2 is 1.86 bits per heavy atom. The van der Waals surface area contributed by atoms with Crippen molar-refractivity contribution in [1.82, 2.24) is 9.78 Å². The number of carbonyl (C=O) groups is 1. The molecule has 9 heteroatoms. The zero-order valence-electron chi connectivity index (χ0n) is 15.9. The van der Waals surface area contributed by atoms with E-state index in [2.05, 4.69) is 15.1 Å². The molecule has 0 aliphatic rings. The van der Waals surface area contributed by atoms with E-state index in [4.69, 9.17) is 4.74 Å². The molecule has 0 bridgehead atoms. The number of hydrogen-bond acceptors (Lipinski definition) is 5. The van der Waals surface area contributed by atoms with Crippen LogP contribution in [-0.2, 0) is 21.9 Å². The first-order valence-corrected chi connectivity index (χ1v) is 10.1. The third kappa shape index (κ3) is 5.23. The van der Waals surface area contributed by atoms with Gasteiger partial charge in [-0.15, -0.1) is 0 Å². The molecule has 2 N–H and O–H groups in total. The molecule has 0 spiro atoms. The number of methoxy groups -OCH3 is 1. The number of para-hydroxylation sites is 2. The third-order valence-corrected chi connectivity index (χ3v) is 5.32. The zero-order valence-corrected chi connectivity index (χ0v) is 16.7. The first kappa shape index (κ1) is 20.2. The fourth-order valence-electron chi connectivity index (χ4n) is 2.53. The number of sulfonamides is 1. The monoisotopic (exact) mass is 412 g/mol. The highest BCUT2D eigenvalue weighted by molar-refractivity contribution is 7.92. The molecule has 0 aliphatic heterocycles. The van der Waals surface area contributed by atoms with Crippen LogP contribution in [-0.4, -0.2) is 31.2 Å². The van der Waals surface area contributed by atoms with Crippen LogP contribution >= 0.6 is 0 Å². The summed E-state index contributed by atoms with van der Waals surface area (Å²) < 4.78 is 34.5. The molecule has 29 heavy (non-hydrogen) atoms. The molecule has 1 aromatic heterocycles. The highest BCUT2D eigenvalue weighted by Crippen LogP contribution is 2.26. The minimum absolute atomic E-state index is 0.0623. The first-order chi connectivity index (χ1) is 13.9. The van der Waals surface area contributed by atoms with Crippen LogP contribution in [0.25, 0.3) is 6.08 Å². The van der Waals surface area contributed by atoms with Crippen molar-refractivity contribution in [2.75, 3.05) is 17.1 Å². The van der Waals surface area contributed by atoms with Gasteiger partial charge < -0.3 is 10.1 Å². The highest BCUT2D eigenvalue weighted by Gasteiger charge is 2.16. The van der Waals surface area contributed by atoms with Crippen LogP contribution in [0.3, 0.4) is 0 Å². The zero-order chi connectivity index (χ0) is 20.9. The number of aromatic nitrogens is 2. The van der Waals surface area contributed by atoms with Crippen molar-refractivity contribution in [2.24, 2.45) is 7.05 Å². The Labute approximate surface area is 168 Å². The predicted octanol–water partition coefficient (Wildman–Crippen LogP) is 2.88. The second-order valence-corrected chi connectivity index (χ2v) is 7.78. The van der Waals surface area contributed by atoms with Crippen molar-refractivity contribution >= 4 is 33.4 Å². The van der Waals surface area contributed by atoms with Crippen molar-refractivity contribution in [3.8, 4) is 5.75 Å². The largest absolute Gasteiger partial charge is 0.495 e. The van der Waals surface area contributed by atoms with Crippen molar-refractivity contribution in [2.45, 2.75) is 4.90 Å². The van der Waals surface area contributed by atoms with Gasteiger partial charge in [-0.2, -0.15) is 5.10 Å². The molecule has 2 aromatic carbocycles. The second-order valence-electron chi connectivity index (χ2n) is 6.10. The van der Waals surface area contributed by atoms with E-state index in [0.717, 1.165) is 5.56 Å². The lowest BCUT2D eigenvalue weighted by atomic mass is 10.3. The molecule has 8 nitrogen and oxygen atoms in total. The van der Waals surface area contributed by atoms with Gasteiger partial charge in [-0.3, -0.25) is 14.2 Å². The number of nitrogens with one attached hydrogen (secondary N) is 2. The molecule has 0 fully saturated rings. The standard InChI is InChI=1S/C20H20N4O4S/c1-24-14-15(13-21-24)7-12-20(25)22-16-8-10-17(11-9-16)29(26,27)23-18-5-3-4-6-19(18)28-2/h3-14,23H,1-2H3,(H,22,25)/b12-7-. The van der Waals surface area contributed by atoms with E-state index in [9.17, 15) is 13.2 Å². The topological polar surface area (TPSA) is 102 Å². The van der Waals surface area contributed by atoms with Gasteiger partial charge in [0.2, 0.25) is 5.91 Å². The van der Waals surface area contributed by atoms with E-state index in [1.54, 1.807) is 54.5 Å². The lowest BCUT2D eigenvalue weighted by molar-refractivity contribution is -0.111. The van der Waals surface area contributed by atoms with Crippen LogP contribution in [0.4, 0.5) is 11.4 Å². The Bertz CT molecular complexity index is 1140. The summed E-state index contributed by atoms with van der Waals surface area (Å²) >= 11 is 0. The van der Waals surface area contributed by atoms with E-state index >= 15 is 0 Å². The highest BCUT2D eigenvalue weighted by atomic mass is 32.2. The van der Waals surface area contributed by atoms with Crippen LogP contribution in [0.5, 0.6) is 5.75 Å². The smallest absolute Gasteiger partial charge is 0.262 e. The molecule has 1 heterocycles. The van der Waals surface area contributed by atoms with Gasteiger partial charge in [0.1, 0.15) is 5.75 Å². The lowest BCUT2D eigenvalue weighted by Crippen LogP contribution is -2.14. The first-order valence-electron chi connectivity index (χ1n) is 8.61. The van der Waals surface area contributed by atoms with Gasteiger partial charge in [0.05, 0.1) is 23.9 Å². The molecular formula is C20H20N4O4S. The summed E-state index contributed by atoms with van der Waals surface area (Å²) in [5, 5.41) is 6.69. The number of hydrogen-bond donors (Lipinski definition) is 2. The van der Waals surface area contributed by atoms with Crippen molar-refractivity contribution in [1.29, 1.82) is 0 Å². The Balaban J connectivity index is 1.67. The van der Waals surface area contributed by atoms with Crippen LogP contribution in [0.15, 0.2) is 71.9 Å². The summed E-state index contributed by atoms with van der Waals surface area (Å²) in [7, 11) is -0.548. The third-order valence-electron chi connectivity index (χ3n) is 3.94. The number of nitrogens with zero attached hydrogens (tertiary/aromatic N) is 2. The maximum absolute atomic E-state index is 12.6. The Morgan fingerprint density at radius 3 is 2.52 bits per heavy atom. The summed E-state index contributed by atoms with van der Waals surface area (Å²) in [5.74, 6) is 0.0805. The van der Waals surface area contributed by atoms with E-state index in [1.807, 2.05) is 0 Å².